The van der Waals surface area contributed by atoms with E-state index in [1.54, 1.807) is 18.2 Å². The number of allylic oxidation sites excluding steroid dienone is 13. The van der Waals surface area contributed by atoms with Gasteiger partial charge in [-0.05, 0) is 125 Å². The maximum atomic E-state index is 3.61. The second-order valence-corrected chi connectivity index (χ2v) is 16.4. The monoisotopic (exact) mass is 928 g/mol. The highest BCUT2D eigenvalue weighted by molar-refractivity contribution is 5.81. The summed E-state index contributed by atoms with van der Waals surface area (Å²) in [4.78, 5) is 6.64. The van der Waals surface area contributed by atoms with Gasteiger partial charge in [0.15, 0.2) is 0 Å². The van der Waals surface area contributed by atoms with E-state index in [9.17, 15) is 0 Å². The lowest BCUT2D eigenvalue weighted by atomic mass is 10.0. The van der Waals surface area contributed by atoms with Gasteiger partial charge in [-0.1, -0.05) is 226 Å². The minimum atomic E-state index is 0.879. The average Bonchev–Trinajstić information content (AvgIpc) is 3.70. The Morgan fingerprint density at radius 2 is 0.789 bits per heavy atom. The lowest BCUT2D eigenvalue weighted by molar-refractivity contribution is 0.510. The second kappa shape index (κ2) is 30.0. The molecular formula is C68H69N3. The molecule has 1 aliphatic rings. The molecule has 7 aromatic rings. The Hall–Kier alpha value is -8.66. The maximum absolute atomic E-state index is 3.61. The van der Waals surface area contributed by atoms with Gasteiger partial charge >= 0.3 is 0 Å². The summed E-state index contributed by atoms with van der Waals surface area (Å²) in [6, 6.07) is 67.2. The Morgan fingerprint density at radius 3 is 1.14 bits per heavy atom. The van der Waals surface area contributed by atoms with Gasteiger partial charge < -0.3 is 14.7 Å². The van der Waals surface area contributed by atoms with Crippen molar-refractivity contribution in [2.24, 2.45) is 0 Å². The third-order valence-corrected chi connectivity index (χ3v) is 11.3. The van der Waals surface area contributed by atoms with Crippen molar-refractivity contribution in [1.29, 1.82) is 0 Å². The van der Waals surface area contributed by atoms with Crippen LogP contribution in [-0.4, -0.2) is 25.5 Å². The first kappa shape index (κ1) is 53.3. The summed E-state index contributed by atoms with van der Waals surface area (Å²) in [5.74, 6) is 0. The zero-order valence-electron chi connectivity index (χ0n) is 42.1. The molecule has 0 saturated carbocycles. The minimum Gasteiger partial charge on any atom is -0.377 e. The van der Waals surface area contributed by atoms with Crippen LogP contribution >= 0.6 is 0 Å². The average molecular weight is 928 g/mol. The van der Waals surface area contributed by atoms with Crippen LogP contribution in [0.15, 0.2) is 305 Å². The van der Waals surface area contributed by atoms with Gasteiger partial charge in [-0.25, -0.2) is 0 Å². The van der Waals surface area contributed by atoms with Crippen LogP contribution < -0.4 is 9.80 Å². The van der Waals surface area contributed by atoms with E-state index in [0.717, 1.165) is 30.0 Å². The third-order valence-electron chi connectivity index (χ3n) is 11.3. The maximum Gasteiger partial charge on any atom is 0.0462 e. The Bertz CT molecular complexity index is 2760. The Labute approximate surface area is 426 Å². The smallest absolute Gasteiger partial charge is 0.0462 e. The molecule has 0 radical (unpaired) electrons. The Morgan fingerprint density at radius 1 is 0.423 bits per heavy atom. The molecule has 0 aliphatic heterocycles. The van der Waals surface area contributed by atoms with Gasteiger partial charge in [-0.3, -0.25) is 0 Å². The summed E-state index contributed by atoms with van der Waals surface area (Å²) in [6.45, 7) is 18.9. The summed E-state index contributed by atoms with van der Waals surface area (Å²) in [5.41, 5.74) is 15.4. The molecule has 71 heavy (non-hydrogen) atoms. The lowest BCUT2D eigenvalue weighted by Crippen LogP contribution is -2.15. The summed E-state index contributed by atoms with van der Waals surface area (Å²) in [5, 5.41) is 0. The van der Waals surface area contributed by atoms with Crippen molar-refractivity contribution in [2.75, 3.05) is 30.4 Å². The van der Waals surface area contributed by atoms with Crippen molar-refractivity contribution in [3.63, 3.8) is 0 Å². The molecule has 0 amide bonds. The summed E-state index contributed by atoms with van der Waals surface area (Å²) in [6.07, 6.45) is 28.4. The van der Waals surface area contributed by atoms with E-state index >= 15 is 0 Å². The fourth-order valence-corrected chi connectivity index (χ4v) is 7.59. The van der Waals surface area contributed by atoms with Crippen LogP contribution in [0.3, 0.4) is 0 Å². The van der Waals surface area contributed by atoms with E-state index in [1.807, 2.05) is 68.5 Å². The molecule has 0 bridgehead atoms. The molecule has 0 N–H and O–H groups in total. The molecule has 0 aromatic heterocycles. The van der Waals surface area contributed by atoms with Crippen molar-refractivity contribution in [2.45, 2.75) is 20.3 Å². The van der Waals surface area contributed by atoms with Gasteiger partial charge in [0.05, 0.1) is 0 Å². The number of benzene rings is 7. The molecule has 0 saturated heterocycles. The van der Waals surface area contributed by atoms with E-state index in [1.165, 1.54) is 55.9 Å². The molecule has 356 valence electrons. The van der Waals surface area contributed by atoms with Crippen molar-refractivity contribution in [1.82, 2.24) is 4.90 Å². The zero-order chi connectivity index (χ0) is 50.5. The Kier molecular flexibility index (Phi) is 22.5. The van der Waals surface area contributed by atoms with Crippen LogP contribution in [0.1, 0.15) is 25.8 Å². The van der Waals surface area contributed by atoms with Gasteiger partial charge in [0.2, 0.25) is 0 Å². The summed E-state index contributed by atoms with van der Waals surface area (Å²) < 4.78 is 0. The number of nitrogens with zero attached hydrogens (tertiary/aromatic N) is 3. The molecule has 0 unspecified atom stereocenters. The van der Waals surface area contributed by atoms with Crippen LogP contribution in [-0.2, 0) is 0 Å². The molecule has 7 aromatic carbocycles. The molecule has 1 aliphatic carbocycles. The van der Waals surface area contributed by atoms with Crippen LogP contribution in [0.5, 0.6) is 0 Å². The fourth-order valence-electron chi connectivity index (χ4n) is 7.59. The van der Waals surface area contributed by atoms with Crippen LogP contribution in [0, 0.1) is 0 Å². The highest BCUT2D eigenvalue weighted by atomic mass is 15.1. The minimum absolute atomic E-state index is 0.879. The van der Waals surface area contributed by atoms with Gasteiger partial charge in [-0.15, -0.1) is 6.58 Å². The van der Waals surface area contributed by atoms with Crippen molar-refractivity contribution >= 4 is 28.3 Å². The first-order valence-corrected chi connectivity index (χ1v) is 24.1. The van der Waals surface area contributed by atoms with E-state index in [0.29, 0.717) is 0 Å². The summed E-state index contributed by atoms with van der Waals surface area (Å²) >= 11 is 0. The third kappa shape index (κ3) is 16.8. The fraction of sp³-hybridized carbons (Fsp3) is 0.0882. The molecule has 3 heteroatoms. The molecule has 0 atom stereocenters. The van der Waals surface area contributed by atoms with E-state index in [4.69, 9.17) is 0 Å². The van der Waals surface area contributed by atoms with E-state index in [2.05, 4.69) is 256 Å². The van der Waals surface area contributed by atoms with Gasteiger partial charge in [0, 0.05) is 55.5 Å². The van der Waals surface area contributed by atoms with Gasteiger partial charge in [0.1, 0.15) is 0 Å². The van der Waals surface area contributed by atoms with Crippen molar-refractivity contribution in [3.05, 3.63) is 311 Å². The van der Waals surface area contributed by atoms with Crippen LogP contribution in [0.25, 0.3) is 39.0 Å². The summed E-state index contributed by atoms with van der Waals surface area (Å²) in [7, 11) is 4.14. The number of rotatable bonds is 15. The van der Waals surface area contributed by atoms with Gasteiger partial charge in [0.25, 0.3) is 0 Å². The quantitative estimate of drug-likeness (QED) is 0.0749. The zero-order valence-corrected chi connectivity index (χ0v) is 42.1. The lowest BCUT2D eigenvalue weighted by Gasteiger charge is -2.26. The molecule has 0 heterocycles. The number of hydrogen-bond donors (Lipinski definition) is 0. The Balaban J connectivity index is 0.000000419. The van der Waals surface area contributed by atoms with Crippen molar-refractivity contribution in [3.8, 4) is 33.4 Å². The van der Waals surface area contributed by atoms with E-state index in [-0.39, 0.29) is 0 Å². The standard InChI is InChI=1S/C50H40N2.C8H13N.2C5H8/c1-51(46-19-11-18-41(20-29-46)38-12-5-2-6-13-38)47-30-21-44(22-31-47)45-27-36-50(37-28-45)52(48-32-23-42(24-33-48)39-14-7-3-8-15-39)49-34-25-43(26-35-49)40-16-9-4-10-17-40;1-4-6-8-9(3)7-5-2;2*1-3-5-4-2/h2-18,20-37H,19H2,1H3;4-6,8H,1-2,7H2,3H3;2*3-5H,1H2,2H3/b;8-6+;2*5-4-. The molecule has 0 spiro atoms. The molecule has 8 rings (SSSR count). The first-order chi connectivity index (χ1) is 34.8. The van der Waals surface area contributed by atoms with E-state index < -0.39 is 0 Å². The number of hydrogen-bond acceptors (Lipinski definition) is 3. The predicted molar refractivity (Wildman–Crippen MR) is 314 cm³/mol. The highest BCUT2D eigenvalue weighted by Crippen LogP contribution is 2.38. The molecular weight excluding hydrogens is 859 g/mol. The predicted octanol–water partition coefficient (Wildman–Crippen LogP) is 18.8. The topological polar surface area (TPSA) is 9.72 Å². The second-order valence-electron chi connectivity index (χ2n) is 16.4. The van der Waals surface area contributed by atoms with Gasteiger partial charge in [-0.2, -0.15) is 0 Å². The van der Waals surface area contributed by atoms with Crippen LogP contribution in [0.2, 0.25) is 0 Å². The highest BCUT2D eigenvalue weighted by Gasteiger charge is 2.15. The molecule has 3 nitrogen and oxygen atoms in total. The SMILES string of the molecule is C=C/C=C/N(C)CC=C.C=C/C=C\C.C=C/C=C\C.CN(C1=CC=C(c2ccccc2)C=CC1)c1ccc(-c2ccc(N(c3ccc(-c4ccccc4)cc3)c3ccc(-c4ccccc4)cc3)cc2)cc1. The molecule has 0 fully saturated rings. The number of anilines is 4. The first-order valence-electron chi connectivity index (χ1n) is 24.1. The largest absolute Gasteiger partial charge is 0.377 e. The normalized spacial score (nSPS) is 11.5. The van der Waals surface area contributed by atoms with Crippen molar-refractivity contribution < 1.29 is 0 Å². The van der Waals surface area contributed by atoms with Crippen LogP contribution in [0.4, 0.5) is 22.7 Å². The number of likely N-dealkylation sites (N-methyl/N-ethyl adjacent to an activating group) is 1.